The Morgan fingerprint density at radius 2 is 1.62 bits per heavy atom. The highest BCUT2D eigenvalue weighted by atomic mass is 32.2. The molecule has 0 unspecified atom stereocenters. The van der Waals surface area contributed by atoms with Gasteiger partial charge in [0.15, 0.2) is 0 Å². The summed E-state index contributed by atoms with van der Waals surface area (Å²) in [5.41, 5.74) is 5.68. The first-order valence-electron chi connectivity index (χ1n) is 13.3. The van der Waals surface area contributed by atoms with E-state index in [2.05, 4.69) is 30.4 Å². The Bertz CT molecular complexity index is 1500. The predicted molar refractivity (Wildman–Crippen MR) is 161 cm³/mol. The second kappa shape index (κ2) is 12.2. The SMILES string of the molecule is CC[C@H](Cc1ccccc1)NC(=O)c1ccc2c(c1)N(Cc1cccc(C)c1)C(=O)/C(=C/c1ccccc1)S2. The van der Waals surface area contributed by atoms with Crippen LogP contribution in [0.1, 0.15) is 46.0 Å². The van der Waals surface area contributed by atoms with Gasteiger partial charge in [-0.25, -0.2) is 0 Å². The summed E-state index contributed by atoms with van der Waals surface area (Å²) in [4.78, 5) is 30.6. The van der Waals surface area contributed by atoms with Crippen molar-refractivity contribution in [2.45, 2.75) is 44.2 Å². The predicted octanol–water partition coefficient (Wildman–Crippen LogP) is 7.43. The standard InChI is InChI=1S/C34H32N2O2S/c1-3-29(20-25-12-6-4-7-13-25)35-33(37)28-17-18-31-30(22-28)36(23-27-16-10-11-24(2)19-27)34(38)32(39-31)21-26-14-8-5-9-15-26/h4-19,21-22,29H,3,20,23H2,1-2H3,(H,35,37)/b32-21-/t29-/m1/s1. The number of benzene rings is 4. The highest BCUT2D eigenvalue weighted by Crippen LogP contribution is 2.43. The van der Waals surface area contributed by atoms with E-state index in [1.165, 1.54) is 17.3 Å². The highest BCUT2D eigenvalue weighted by Gasteiger charge is 2.30. The smallest absolute Gasteiger partial charge is 0.265 e. The van der Waals surface area contributed by atoms with Crippen molar-refractivity contribution in [2.75, 3.05) is 4.90 Å². The van der Waals surface area contributed by atoms with Crippen molar-refractivity contribution in [3.63, 3.8) is 0 Å². The van der Waals surface area contributed by atoms with Crippen LogP contribution in [0.3, 0.4) is 0 Å². The summed E-state index contributed by atoms with van der Waals surface area (Å²) in [7, 11) is 0. The number of nitrogens with zero attached hydrogens (tertiary/aromatic N) is 1. The molecule has 1 aliphatic rings. The van der Waals surface area contributed by atoms with E-state index >= 15 is 0 Å². The van der Waals surface area contributed by atoms with Gasteiger partial charge in [0.25, 0.3) is 11.8 Å². The quantitative estimate of drug-likeness (QED) is 0.240. The van der Waals surface area contributed by atoms with Crippen LogP contribution in [0.25, 0.3) is 6.08 Å². The Labute approximate surface area is 234 Å². The number of hydrogen-bond donors (Lipinski definition) is 1. The minimum Gasteiger partial charge on any atom is -0.349 e. The van der Waals surface area contributed by atoms with Crippen LogP contribution in [0.4, 0.5) is 5.69 Å². The molecule has 1 heterocycles. The molecule has 0 radical (unpaired) electrons. The average molecular weight is 533 g/mol. The number of thioether (sulfide) groups is 1. The van der Waals surface area contributed by atoms with E-state index in [0.29, 0.717) is 17.0 Å². The molecule has 0 bridgehead atoms. The molecule has 1 N–H and O–H groups in total. The van der Waals surface area contributed by atoms with Crippen LogP contribution in [0.15, 0.2) is 113 Å². The van der Waals surface area contributed by atoms with Crippen molar-refractivity contribution >= 4 is 35.3 Å². The topological polar surface area (TPSA) is 49.4 Å². The van der Waals surface area contributed by atoms with Gasteiger partial charge in [-0.05, 0) is 60.7 Å². The highest BCUT2D eigenvalue weighted by molar-refractivity contribution is 8.04. The van der Waals surface area contributed by atoms with Crippen molar-refractivity contribution in [2.24, 2.45) is 0 Å². The van der Waals surface area contributed by atoms with Crippen LogP contribution in [0.5, 0.6) is 0 Å². The summed E-state index contributed by atoms with van der Waals surface area (Å²) >= 11 is 1.46. The number of hydrogen-bond acceptors (Lipinski definition) is 3. The van der Waals surface area contributed by atoms with Crippen molar-refractivity contribution in [3.05, 3.63) is 136 Å². The molecule has 0 fully saturated rings. The molecule has 2 amide bonds. The van der Waals surface area contributed by atoms with Gasteiger partial charge in [0.1, 0.15) is 0 Å². The van der Waals surface area contributed by atoms with Gasteiger partial charge in [0.05, 0.1) is 17.1 Å². The molecule has 0 aliphatic carbocycles. The minimum absolute atomic E-state index is 0.0238. The first-order chi connectivity index (χ1) is 19.0. The lowest BCUT2D eigenvalue weighted by atomic mass is 10.0. The number of rotatable bonds is 8. The average Bonchev–Trinajstić information content (AvgIpc) is 2.96. The van der Waals surface area contributed by atoms with E-state index < -0.39 is 0 Å². The Hall–Kier alpha value is -4.09. The van der Waals surface area contributed by atoms with Crippen LogP contribution in [0, 0.1) is 6.92 Å². The minimum atomic E-state index is -0.126. The van der Waals surface area contributed by atoms with E-state index in [-0.39, 0.29) is 17.9 Å². The normalized spacial score (nSPS) is 14.7. The summed E-state index contributed by atoms with van der Waals surface area (Å²) < 4.78 is 0. The monoisotopic (exact) mass is 532 g/mol. The number of carbonyl (C=O) groups excluding carboxylic acids is 2. The summed E-state index contributed by atoms with van der Waals surface area (Å²) in [6.07, 6.45) is 3.54. The van der Waals surface area contributed by atoms with Crippen molar-refractivity contribution in [1.29, 1.82) is 0 Å². The number of amides is 2. The van der Waals surface area contributed by atoms with E-state index in [4.69, 9.17) is 0 Å². The molecular weight excluding hydrogens is 500 g/mol. The zero-order valence-electron chi connectivity index (χ0n) is 22.3. The third kappa shape index (κ3) is 6.50. The molecular formula is C34H32N2O2S. The first kappa shape index (κ1) is 26.5. The second-order valence-corrected chi connectivity index (χ2v) is 10.9. The van der Waals surface area contributed by atoms with Crippen molar-refractivity contribution in [1.82, 2.24) is 5.32 Å². The van der Waals surface area contributed by atoms with E-state index in [1.807, 2.05) is 97.9 Å². The van der Waals surface area contributed by atoms with Gasteiger partial charge in [0.2, 0.25) is 0 Å². The van der Waals surface area contributed by atoms with Gasteiger partial charge in [-0.15, -0.1) is 0 Å². The fourth-order valence-corrected chi connectivity index (χ4v) is 5.81. The molecule has 39 heavy (non-hydrogen) atoms. The third-order valence-corrected chi connectivity index (χ3v) is 7.94. The van der Waals surface area contributed by atoms with Gasteiger partial charge in [-0.3, -0.25) is 9.59 Å². The lowest BCUT2D eigenvalue weighted by Crippen LogP contribution is -2.37. The zero-order chi connectivity index (χ0) is 27.2. The Balaban J connectivity index is 1.45. The summed E-state index contributed by atoms with van der Waals surface area (Å²) in [5.74, 6) is -0.190. The molecule has 0 spiro atoms. The lowest BCUT2D eigenvalue weighted by Gasteiger charge is -2.31. The Morgan fingerprint density at radius 3 is 2.33 bits per heavy atom. The van der Waals surface area contributed by atoms with Crippen LogP contribution in [0.2, 0.25) is 0 Å². The molecule has 5 heteroatoms. The van der Waals surface area contributed by atoms with Gasteiger partial charge in [-0.2, -0.15) is 0 Å². The Kier molecular flexibility index (Phi) is 8.28. The van der Waals surface area contributed by atoms with Gasteiger partial charge in [-0.1, -0.05) is 109 Å². The van der Waals surface area contributed by atoms with Crippen LogP contribution >= 0.6 is 11.8 Å². The summed E-state index contributed by atoms with van der Waals surface area (Å²) in [6.45, 7) is 4.56. The van der Waals surface area contributed by atoms with Crippen LogP contribution < -0.4 is 10.2 Å². The lowest BCUT2D eigenvalue weighted by molar-refractivity contribution is -0.114. The molecule has 4 nitrogen and oxygen atoms in total. The second-order valence-electron chi connectivity index (χ2n) is 9.85. The van der Waals surface area contributed by atoms with Gasteiger partial charge >= 0.3 is 0 Å². The van der Waals surface area contributed by atoms with Crippen LogP contribution in [-0.2, 0) is 17.8 Å². The number of nitrogens with one attached hydrogen (secondary N) is 1. The maximum absolute atomic E-state index is 13.8. The van der Waals surface area contributed by atoms with E-state index in [1.54, 1.807) is 4.90 Å². The fraction of sp³-hybridized carbons (Fsp3) is 0.176. The molecule has 1 atom stereocenters. The molecule has 4 aromatic carbocycles. The largest absolute Gasteiger partial charge is 0.349 e. The Morgan fingerprint density at radius 1 is 0.897 bits per heavy atom. The first-order valence-corrected chi connectivity index (χ1v) is 14.1. The van der Waals surface area contributed by atoms with Gasteiger partial charge < -0.3 is 10.2 Å². The molecule has 5 rings (SSSR count). The zero-order valence-corrected chi connectivity index (χ0v) is 23.1. The molecule has 196 valence electrons. The number of fused-ring (bicyclic) bond motifs is 1. The molecule has 4 aromatic rings. The fourth-order valence-electron chi connectivity index (χ4n) is 4.77. The molecule has 0 saturated heterocycles. The third-order valence-electron chi connectivity index (χ3n) is 6.86. The van der Waals surface area contributed by atoms with E-state index in [9.17, 15) is 9.59 Å². The summed E-state index contributed by atoms with van der Waals surface area (Å²) in [5, 5.41) is 3.20. The number of aryl methyl sites for hydroxylation is 1. The maximum atomic E-state index is 13.8. The molecule has 0 aromatic heterocycles. The molecule has 0 saturated carbocycles. The van der Waals surface area contributed by atoms with Gasteiger partial charge in [0, 0.05) is 16.5 Å². The summed E-state index contributed by atoms with van der Waals surface area (Å²) in [6, 6.07) is 34.0. The maximum Gasteiger partial charge on any atom is 0.265 e. The van der Waals surface area contributed by atoms with E-state index in [0.717, 1.165) is 40.1 Å². The van der Waals surface area contributed by atoms with Crippen molar-refractivity contribution < 1.29 is 9.59 Å². The van der Waals surface area contributed by atoms with Crippen LogP contribution in [-0.4, -0.2) is 17.9 Å². The molecule has 1 aliphatic heterocycles. The van der Waals surface area contributed by atoms with Crippen molar-refractivity contribution in [3.8, 4) is 0 Å². The number of anilines is 1. The number of carbonyl (C=O) groups is 2.